The number of rotatable bonds is 4. The Morgan fingerprint density at radius 2 is 1.95 bits per heavy atom. The van der Waals surface area contributed by atoms with Gasteiger partial charge in [-0.15, -0.1) is 0 Å². The van der Waals surface area contributed by atoms with Crippen LogP contribution in [0.25, 0.3) is 0 Å². The normalized spacial score (nSPS) is 27.6. The zero-order chi connectivity index (χ0) is 15.6. The molecule has 0 spiro atoms. The van der Waals surface area contributed by atoms with Crippen LogP contribution in [0.1, 0.15) is 68.1 Å². The van der Waals surface area contributed by atoms with Crippen LogP contribution in [0.2, 0.25) is 0 Å². The summed E-state index contributed by atoms with van der Waals surface area (Å²) < 4.78 is 0. The largest absolute Gasteiger partial charge is 0.389 e. The minimum Gasteiger partial charge on any atom is -0.389 e. The molecule has 3 nitrogen and oxygen atoms in total. The molecule has 1 fully saturated rings. The van der Waals surface area contributed by atoms with Gasteiger partial charge in [-0.1, -0.05) is 6.92 Å². The molecular weight excluding hydrogens is 260 g/mol. The molecule has 2 rings (SSSR count). The number of aryl methyl sites for hydroxylation is 3. The van der Waals surface area contributed by atoms with Crippen LogP contribution in [0.4, 0.5) is 0 Å². The molecule has 0 aliphatic heterocycles. The Morgan fingerprint density at radius 3 is 2.52 bits per heavy atom. The van der Waals surface area contributed by atoms with Gasteiger partial charge in [0.2, 0.25) is 0 Å². The van der Waals surface area contributed by atoms with Gasteiger partial charge >= 0.3 is 0 Å². The minimum atomic E-state index is -0.527. The van der Waals surface area contributed by atoms with E-state index < -0.39 is 5.60 Å². The molecule has 1 heterocycles. The van der Waals surface area contributed by atoms with Gasteiger partial charge in [0.15, 0.2) is 0 Å². The van der Waals surface area contributed by atoms with Crippen molar-refractivity contribution < 1.29 is 5.11 Å². The molecular formula is C18H30N2O. The Labute approximate surface area is 129 Å². The van der Waals surface area contributed by atoms with Crippen molar-refractivity contribution in [1.29, 1.82) is 0 Å². The summed E-state index contributed by atoms with van der Waals surface area (Å²) in [5.74, 6) is 0.758. The molecule has 118 valence electrons. The van der Waals surface area contributed by atoms with Gasteiger partial charge < -0.3 is 10.4 Å². The third kappa shape index (κ3) is 4.04. The van der Waals surface area contributed by atoms with Crippen molar-refractivity contribution >= 4 is 0 Å². The molecule has 0 bridgehead atoms. The number of hydrogen-bond donors (Lipinski definition) is 2. The number of hydrogen-bond acceptors (Lipinski definition) is 3. The lowest BCUT2D eigenvalue weighted by Gasteiger charge is -2.36. The first-order chi connectivity index (χ1) is 9.81. The smallest absolute Gasteiger partial charge is 0.0772 e. The maximum absolute atomic E-state index is 10.7. The third-order valence-corrected chi connectivity index (χ3v) is 4.96. The molecule has 0 saturated heterocycles. The molecule has 1 aromatic heterocycles. The van der Waals surface area contributed by atoms with Gasteiger partial charge in [-0.25, -0.2) is 0 Å². The van der Waals surface area contributed by atoms with Crippen LogP contribution in [0.3, 0.4) is 0 Å². The molecule has 0 aromatic carbocycles. The van der Waals surface area contributed by atoms with Crippen molar-refractivity contribution in [2.75, 3.05) is 6.54 Å². The predicted molar refractivity (Wildman–Crippen MR) is 87.4 cm³/mol. The lowest BCUT2D eigenvalue weighted by Crippen LogP contribution is -2.44. The third-order valence-electron chi connectivity index (χ3n) is 4.96. The fourth-order valence-corrected chi connectivity index (χ4v) is 3.61. The molecule has 1 aliphatic rings. The van der Waals surface area contributed by atoms with Gasteiger partial charge in [-0.2, -0.15) is 0 Å². The number of aliphatic hydroxyl groups is 1. The van der Waals surface area contributed by atoms with E-state index >= 15 is 0 Å². The number of nitrogens with zero attached hydrogens (tertiary/aromatic N) is 1. The first-order valence-corrected chi connectivity index (χ1v) is 8.21. The minimum absolute atomic E-state index is 0.224. The summed E-state index contributed by atoms with van der Waals surface area (Å²) in [6.07, 6.45) is 4.10. The van der Waals surface area contributed by atoms with Crippen molar-refractivity contribution in [3.05, 3.63) is 28.6 Å². The fraction of sp³-hybridized carbons (Fsp3) is 0.722. The molecule has 1 atom stereocenters. The highest BCUT2D eigenvalue weighted by atomic mass is 16.3. The van der Waals surface area contributed by atoms with Gasteiger partial charge in [-0.3, -0.25) is 4.98 Å². The van der Waals surface area contributed by atoms with Crippen molar-refractivity contribution in [3.8, 4) is 0 Å². The molecule has 1 unspecified atom stereocenters. The lowest BCUT2D eigenvalue weighted by atomic mass is 9.79. The molecule has 1 aromatic rings. The average Bonchev–Trinajstić information content (AvgIpc) is 2.39. The van der Waals surface area contributed by atoms with Crippen molar-refractivity contribution in [2.45, 2.75) is 71.9 Å². The summed E-state index contributed by atoms with van der Waals surface area (Å²) in [6.45, 7) is 11.4. The van der Waals surface area contributed by atoms with E-state index in [1.165, 1.54) is 11.1 Å². The zero-order valence-electron chi connectivity index (χ0n) is 14.2. The Balaban J connectivity index is 2.00. The average molecular weight is 290 g/mol. The highest BCUT2D eigenvalue weighted by Gasteiger charge is 2.32. The van der Waals surface area contributed by atoms with Crippen molar-refractivity contribution in [1.82, 2.24) is 10.3 Å². The van der Waals surface area contributed by atoms with Gasteiger partial charge in [-0.05, 0) is 76.5 Å². The summed E-state index contributed by atoms with van der Waals surface area (Å²) in [4.78, 5) is 4.57. The van der Waals surface area contributed by atoms with Crippen LogP contribution in [0, 0.1) is 26.7 Å². The predicted octanol–water partition coefficient (Wildman–Crippen LogP) is 3.60. The highest BCUT2D eigenvalue weighted by molar-refractivity contribution is 5.33. The number of aromatic nitrogens is 1. The van der Waals surface area contributed by atoms with E-state index in [9.17, 15) is 5.11 Å². The van der Waals surface area contributed by atoms with E-state index in [0.29, 0.717) is 6.54 Å². The fourth-order valence-electron chi connectivity index (χ4n) is 3.61. The van der Waals surface area contributed by atoms with Crippen molar-refractivity contribution in [2.24, 2.45) is 5.92 Å². The summed E-state index contributed by atoms with van der Waals surface area (Å²) >= 11 is 0. The van der Waals surface area contributed by atoms with E-state index in [1.54, 1.807) is 0 Å². The second-order valence-corrected chi connectivity index (χ2v) is 7.09. The van der Waals surface area contributed by atoms with Crippen LogP contribution in [-0.2, 0) is 0 Å². The Hall–Kier alpha value is -0.930. The van der Waals surface area contributed by atoms with E-state index in [0.717, 1.165) is 43.0 Å². The summed E-state index contributed by atoms with van der Waals surface area (Å²) in [6, 6.07) is 2.36. The zero-order valence-corrected chi connectivity index (χ0v) is 14.2. The van der Waals surface area contributed by atoms with E-state index in [4.69, 9.17) is 0 Å². The molecule has 21 heavy (non-hydrogen) atoms. The first kappa shape index (κ1) is 16.4. The topological polar surface area (TPSA) is 45.1 Å². The number of nitrogens with one attached hydrogen (secondary N) is 1. The second-order valence-electron chi connectivity index (χ2n) is 7.09. The molecule has 1 saturated carbocycles. The SMILES string of the molecule is Cc1cc(C)c(C(C)NCC2(O)CCC(C)CC2)c(C)n1. The highest BCUT2D eigenvalue weighted by Crippen LogP contribution is 2.32. The van der Waals surface area contributed by atoms with Crippen molar-refractivity contribution in [3.63, 3.8) is 0 Å². The molecule has 2 N–H and O–H groups in total. The van der Waals surface area contributed by atoms with Crippen LogP contribution in [-0.4, -0.2) is 22.2 Å². The molecule has 1 aliphatic carbocycles. The number of pyridine rings is 1. The van der Waals surface area contributed by atoms with Gasteiger partial charge in [0.25, 0.3) is 0 Å². The lowest BCUT2D eigenvalue weighted by molar-refractivity contribution is -0.00787. The Kier molecular flexibility index (Phi) is 5.05. The second kappa shape index (κ2) is 6.45. The summed E-state index contributed by atoms with van der Waals surface area (Å²) in [5.41, 5.74) is 4.19. The first-order valence-electron chi connectivity index (χ1n) is 8.21. The van der Waals surface area contributed by atoms with Crippen LogP contribution < -0.4 is 5.32 Å². The van der Waals surface area contributed by atoms with Gasteiger partial charge in [0.1, 0.15) is 0 Å². The maximum Gasteiger partial charge on any atom is 0.0772 e. The molecule has 0 radical (unpaired) electrons. The summed E-state index contributed by atoms with van der Waals surface area (Å²) in [5, 5.41) is 14.2. The van der Waals surface area contributed by atoms with E-state index in [2.05, 4.69) is 44.1 Å². The Bertz CT molecular complexity index is 467. The standard InChI is InChI=1S/C18H30N2O/c1-12-6-8-18(21,9-7-12)11-19-15(4)17-13(2)10-14(3)20-16(17)5/h10,12,15,19,21H,6-9,11H2,1-5H3. The molecule has 0 amide bonds. The van der Waals surface area contributed by atoms with Gasteiger partial charge in [0, 0.05) is 24.0 Å². The van der Waals surface area contributed by atoms with Crippen LogP contribution >= 0.6 is 0 Å². The van der Waals surface area contributed by atoms with Crippen LogP contribution in [0.15, 0.2) is 6.07 Å². The van der Waals surface area contributed by atoms with Gasteiger partial charge in [0.05, 0.1) is 5.60 Å². The van der Waals surface area contributed by atoms with E-state index in [-0.39, 0.29) is 6.04 Å². The monoisotopic (exact) mass is 290 g/mol. The molecule has 3 heteroatoms. The Morgan fingerprint density at radius 1 is 1.33 bits per heavy atom. The van der Waals surface area contributed by atoms with E-state index in [1.807, 2.05) is 6.92 Å². The van der Waals surface area contributed by atoms with Crippen LogP contribution in [0.5, 0.6) is 0 Å². The summed E-state index contributed by atoms with van der Waals surface area (Å²) in [7, 11) is 0. The maximum atomic E-state index is 10.7. The quantitative estimate of drug-likeness (QED) is 0.890.